The summed E-state index contributed by atoms with van der Waals surface area (Å²) in [5.41, 5.74) is 3.71. The van der Waals surface area contributed by atoms with Gasteiger partial charge in [-0.15, -0.1) is 0 Å². The number of fused-ring (bicyclic) bond motifs is 3. The number of nitrogens with zero attached hydrogens (tertiary/aromatic N) is 4. The summed E-state index contributed by atoms with van der Waals surface area (Å²) in [6, 6.07) is 15.8. The molecule has 3 aromatic rings. The van der Waals surface area contributed by atoms with E-state index in [-0.39, 0.29) is 43.1 Å². The number of likely N-dealkylation sites (tertiary alicyclic amines) is 2. The van der Waals surface area contributed by atoms with Gasteiger partial charge in [-0.05, 0) is 53.9 Å². The molecule has 0 N–H and O–H groups in total. The van der Waals surface area contributed by atoms with E-state index in [2.05, 4.69) is 48.3 Å². The van der Waals surface area contributed by atoms with E-state index in [0.717, 1.165) is 28.7 Å². The molecule has 4 heterocycles. The second kappa shape index (κ2) is 11.6. The van der Waals surface area contributed by atoms with Crippen LogP contribution in [-0.4, -0.2) is 82.4 Å². The van der Waals surface area contributed by atoms with E-state index in [9.17, 15) is 18.4 Å². The smallest absolute Gasteiger partial charge is 0.410 e. The van der Waals surface area contributed by atoms with Crippen molar-refractivity contribution in [3.05, 3.63) is 71.4 Å². The predicted molar refractivity (Wildman–Crippen MR) is 172 cm³/mol. The van der Waals surface area contributed by atoms with E-state index in [0.29, 0.717) is 63.6 Å². The Balaban J connectivity index is 0.964. The molecule has 3 saturated heterocycles. The molecule has 3 aliphatic heterocycles. The van der Waals surface area contributed by atoms with Gasteiger partial charge in [-0.25, -0.2) is 13.6 Å². The summed E-state index contributed by atoms with van der Waals surface area (Å²) in [6.07, 6.45) is 2.28. The summed E-state index contributed by atoms with van der Waals surface area (Å²) in [4.78, 5) is 36.2. The van der Waals surface area contributed by atoms with Crippen LogP contribution in [0.4, 0.5) is 13.6 Å². The normalized spacial score (nSPS) is 26.1. The summed E-state index contributed by atoms with van der Waals surface area (Å²) in [7, 11) is 0. The zero-order valence-corrected chi connectivity index (χ0v) is 27.5. The van der Waals surface area contributed by atoms with Gasteiger partial charge < -0.3 is 18.9 Å². The molecule has 254 valence electrons. The van der Waals surface area contributed by atoms with E-state index in [1.54, 1.807) is 4.90 Å². The van der Waals surface area contributed by atoms with Crippen molar-refractivity contribution in [1.29, 1.82) is 0 Å². The van der Waals surface area contributed by atoms with Crippen LogP contribution in [-0.2, 0) is 19.7 Å². The second-order valence-electron chi connectivity index (χ2n) is 14.8. The van der Waals surface area contributed by atoms with E-state index in [4.69, 9.17) is 14.0 Å². The van der Waals surface area contributed by atoms with E-state index < -0.39 is 29.1 Å². The minimum absolute atomic E-state index is 0.0774. The Morgan fingerprint density at radius 1 is 0.979 bits per heavy atom. The first kappa shape index (κ1) is 31.4. The lowest BCUT2D eigenvalue weighted by Gasteiger charge is -2.51. The van der Waals surface area contributed by atoms with Crippen LogP contribution in [0.15, 0.2) is 53.1 Å². The highest BCUT2D eigenvalue weighted by atomic mass is 19.3. The number of ether oxygens (including phenoxy) is 2. The summed E-state index contributed by atoms with van der Waals surface area (Å²) in [6.45, 7) is 6.28. The van der Waals surface area contributed by atoms with Crippen molar-refractivity contribution in [1.82, 2.24) is 19.9 Å². The van der Waals surface area contributed by atoms with Crippen molar-refractivity contribution in [2.24, 2.45) is 5.92 Å². The number of hydrogen-bond acceptors (Lipinski definition) is 7. The standard InChI is InChI=1S/C37H42F2N4O5/c1-23(2)36(33-40-31(41-48-33)24-19-37(38,39)20-24)13-16-42(17-14-36)32(44)30-11-12-35(15-18-47-35)22-43(30)34(45)46-21-29-27-9-5-3-7-25(27)26-8-4-6-10-28(26)29/h3-10,23-24,29-30H,11-22H2,1-2H3/t30-,35+/m0/s1. The van der Waals surface area contributed by atoms with Crippen molar-refractivity contribution in [3.63, 3.8) is 0 Å². The average molecular weight is 661 g/mol. The molecule has 8 rings (SSSR count). The predicted octanol–water partition coefficient (Wildman–Crippen LogP) is 6.67. The number of benzene rings is 2. The number of aromatic nitrogens is 2. The SMILES string of the molecule is CC(C)C1(c2nc(C3CC(F)(F)C3)no2)CCN(C(=O)[C@@H]2CC[C@@]3(CCO3)CN2C(=O)OCC2c3ccccc3-c3ccccc32)CC1. The van der Waals surface area contributed by atoms with Crippen molar-refractivity contribution in [2.75, 3.05) is 32.8 Å². The van der Waals surface area contributed by atoms with Gasteiger partial charge in [0.25, 0.3) is 0 Å². The fraction of sp³-hybridized carbons (Fsp3) is 0.568. The Morgan fingerprint density at radius 2 is 1.62 bits per heavy atom. The fourth-order valence-electron chi connectivity index (χ4n) is 8.72. The highest BCUT2D eigenvalue weighted by Crippen LogP contribution is 2.49. The van der Waals surface area contributed by atoms with Crippen LogP contribution in [0.1, 0.15) is 93.5 Å². The van der Waals surface area contributed by atoms with Crippen LogP contribution in [0.5, 0.6) is 0 Å². The molecule has 9 nitrogen and oxygen atoms in total. The molecule has 2 aliphatic carbocycles. The number of carbonyl (C=O) groups excluding carboxylic acids is 2. The van der Waals surface area contributed by atoms with Gasteiger partial charge >= 0.3 is 6.09 Å². The molecular formula is C37H42F2N4O5. The van der Waals surface area contributed by atoms with Crippen molar-refractivity contribution in [2.45, 2.75) is 93.6 Å². The molecule has 11 heteroatoms. The topological polar surface area (TPSA) is 98.0 Å². The van der Waals surface area contributed by atoms with Gasteiger partial charge in [0.2, 0.25) is 17.7 Å². The number of piperidine rings is 2. The second-order valence-corrected chi connectivity index (χ2v) is 14.8. The fourth-order valence-corrected chi connectivity index (χ4v) is 8.72. The molecule has 1 saturated carbocycles. The maximum atomic E-state index is 14.2. The van der Waals surface area contributed by atoms with Crippen LogP contribution in [0.3, 0.4) is 0 Å². The third kappa shape index (κ3) is 5.20. The Labute approximate surface area is 278 Å². The molecule has 48 heavy (non-hydrogen) atoms. The molecule has 2 aromatic carbocycles. The van der Waals surface area contributed by atoms with Crippen LogP contribution in [0.25, 0.3) is 11.1 Å². The lowest BCUT2D eigenvalue weighted by Crippen LogP contribution is -2.64. The molecule has 2 amide bonds. The van der Waals surface area contributed by atoms with Crippen molar-refractivity contribution in [3.8, 4) is 11.1 Å². The minimum atomic E-state index is -2.66. The van der Waals surface area contributed by atoms with Gasteiger partial charge in [-0.2, -0.15) is 4.98 Å². The van der Waals surface area contributed by atoms with Crippen molar-refractivity contribution < 1.29 is 32.4 Å². The highest BCUT2D eigenvalue weighted by Gasteiger charge is 2.52. The summed E-state index contributed by atoms with van der Waals surface area (Å²) < 4.78 is 44.8. The van der Waals surface area contributed by atoms with Gasteiger partial charge in [0, 0.05) is 44.2 Å². The number of alkyl halides is 2. The Hall–Kier alpha value is -3.86. The Morgan fingerprint density at radius 3 is 2.21 bits per heavy atom. The van der Waals surface area contributed by atoms with Crippen molar-refractivity contribution >= 4 is 12.0 Å². The Kier molecular flexibility index (Phi) is 7.61. The van der Waals surface area contributed by atoms with Gasteiger partial charge in [-0.3, -0.25) is 9.69 Å². The molecule has 0 radical (unpaired) electrons. The largest absolute Gasteiger partial charge is 0.448 e. The van der Waals surface area contributed by atoms with Gasteiger partial charge in [0.1, 0.15) is 12.6 Å². The quantitative estimate of drug-likeness (QED) is 0.291. The Bertz CT molecular complexity index is 1660. The molecule has 0 unspecified atom stereocenters. The first-order valence-electron chi connectivity index (χ1n) is 17.3. The molecular weight excluding hydrogens is 618 g/mol. The van der Waals surface area contributed by atoms with Gasteiger partial charge in [0.05, 0.1) is 24.2 Å². The van der Waals surface area contributed by atoms with Crippen LogP contribution >= 0.6 is 0 Å². The molecule has 0 bridgehead atoms. The van der Waals surface area contributed by atoms with E-state index in [1.807, 2.05) is 29.2 Å². The number of rotatable bonds is 6. The third-order valence-corrected chi connectivity index (χ3v) is 11.9. The first-order chi connectivity index (χ1) is 23.1. The zero-order chi connectivity index (χ0) is 33.3. The molecule has 1 aromatic heterocycles. The summed E-state index contributed by atoms with van der Waals surface area (Å²) in [5, 5.41) is 4.09. The number of halogens is 2. The van der Waals surface area contributed by atoms with E-state index in [1.165, 1.54) is 0 Å². The van der Waals surface area contributed by atoms with Gasteiger partial charge in [-0.1, -0.05) is 67.5 Å². The molecule has 4 fully saturated rings. The monoisotopic (exact) mass is 660 g/mol. The van der Waals surface area contributed by atoms with Crippen LogP contribution < -0.4 is 0 Å². The average Bonchev–Trinajstić information content (AvgIpc) is 3.68. The molecule has 2 atom stereocenters. The highest BCUT2D eigenvalue weighted by molar-refractivity contribution is 5.86. The number of amides is 2. The first-order valence-corrected chi connectivity index (χ1v) is 17.3. The summed E-state index contributed by atoms with van der Waals surface area (Å²) in [5.74, 6) is -2.26. The number of carbonyl (C=O) groups is 2. The third-order valence-electron chi connectivity index (χ3n) is 11.9. The molecule has 1 spiro atoms. The zero-order valence-electron chi connectivity index (χ0n) is 27.5. The maximum Gasteiger partial charge on any atom is 0.410 e. The lowest BCUT2D eigenvalue weighted by atomic mass is 9.69. The van der Waals surface area contributed by atoms with Gasteiger partial charge in [0.15, 0.2) is 5.82 Å². The number of hydrogen-bond donors (Lipinski definition) is 0. The maximum absolute atomic E-state index is 14.2. The van der Waals surface area contributed by atoms with Crippen LogP contribution in [0, 0.1) is 5.92 Å². The minimum Gasteiger partial charge on any atom is -0.448 e. The summed E-state index contributed by atoms with van der Waals surface area (Å²) >= 11 is 0. The lowest BCUT2D eigenvalue weighted by molar-refractivity contribution is -0.184. The van der Waals surface area contributed by atoms with Crippen LogP contribution in [0.2, 0.25) is 0 Å². The molecule has 5 aliphatic rings. The van der Waals surface area contributed by atoms with E-state index >= 15 is 0 Å².